The molecule has 0 radical (unpaired) electrons. The van der Waals surface area contributed by atoms with Crippen molar-refractivity contribution in [3.8, 4) is 17.2 Å². The van der Waals surface area contributed by atoms with Crippen LogP contribution in [0.15, 0.2) is 48.5 Å². The van der Waals surface area contributed by atoms with E-state index < -0.39 is 12.1 Å². The standard InChI is InChI=1S/C21H22FN3O2/c1-24(2)12-20(27)25-18(11-23)21(19(25)13-26)15-9-7-14(8-10-15)16-5-3-4-6-17(16)22/h3-10,18-19,21,26H,12-13H2,1-2H3/t18-,19+,21+/m0/s1. The monoisotopic (exact) mass is 367 g/mol. The number of nitrogens with zero attached hydrogens (tertiary/aromatic N) is 3. The topological polar surface area (TPSA) is 67.6 Å². The number of amides is 1. The minimum Gasteiger partial charge on any atom is -0.394 e. The molecule has 1 aliphatic rings. The summed E-state index contributed by atoms with van der Waals surface area (Å²) in [5.41, 5.74) is 2.11. The Morgan fingerprint density at radius 2 is 1.89 bits per heavy atom. The summed E-state index contributed by atoms with van der Waals surface area (Å²) in [6.45, 7) is -0.0231. The van der Waals surface area contributed by atoms with Crippen molar-refractivity contribution in [2.75, 3.05) is 27.2 Å². The molecule has 0 unspecified atom stereocenters. The van der Waals surface area contributed by atoms with Crippen LogP contribution in [0.1, 0.15) is 11.5 Å². The van der Waals surface area contributed by atoms with Crippen molar-refractivity contribution in [1.82, 2.24) is 9.80 Å². The van der Waals surface area contributed by atoms with Gasteiger partial charge in [0.15, 0.2) is 0 Å². The fourth-order valence-corrected chi connectivity index (χ4v) is 3.68. The Labute approximate surface area is 158 Å². The Bertz CT molecular complexity index is 860. The van der Waals surface area contributed by atoms with Gasteiger partial charge in [0, 0.05) is 11.5 Å². The molecule has 0 aromatic heterocycles. The minimum absolute atomic E-state index is 0.176. The van der Waals surface area contributed by atoms with E-state index in [1.807, 2.05) is 12.1 Å². The van der Waals surface area contributed by atoms with Gasteiger partial charge in [-0.25, -0.2) is 4.39 Å². The zero-order valence-electron chi connectivity index (χ0n) is 15.3. The number of carbonyl (C=O) groups excluding carboxylic acids is 1. The largest absolute Gasteiger partial charge is 0.394 e. The SMILES string of the molecule is CN(C)CC(=O)N1[C@H](CO)[C@H](c2ccc(-c3ccccc3F)cc2)[C@@H]1C#N. The zero-order chi connectivity index (χ0) is 19.6. The summed E-state index contributed by atoms with van der Waals surface area (Å²) in [6.07, 6.45) is 0. The average molecular weight is 367 g/mol. The lowest BCUT2D eigenvalue weighted by Crippen LogP contribution is -2.66. The summed E-state index contributed by atoms with van der Waals surface area (Å²) < 4.78 is 14.0. The van der Waals surface area contributed by atoms with E-state index in [0.717, 1.165) is 11.1 Å². The molecule has 1 N–H and O–H groups in total. The van der Waals surface area contributed by atoms with Crippen LogP contribution in [0.25, 0.3) is 11.1 Å². The van der Waals surface area contributed by atoms with Gasteiger partial charge in [0.05, 0.1) is 25.3 Å². The van der Waals surface area contributed by atoms with E-state index in [1.165, 1.54) is 11.0 Å². The van der Waals surface area contributed by atoms with Crippen molar-refractivity contribution < 1.29 is 14.3 Å². The lowest BCUT2D eigenvalue weighted by atomic mass is 9.75. The molecular weight excluding hydrogens is 345 g/mol. The molecule has 5 nitrogen and oxygen atoms in total. The molecule has 0 saturated carbocycles. The predicted molar refractivity (Wildman–Crippen MR) is 100 cm³/mol. The Balaban J connectivity index is 1.84. The lowest BCUT2D eigenvalue weighted by molar-refractivity contribution is -0.147. The Kier molecular flexibility index (Phi) is 5.54. The number of hydrogen-bond donors (Lipinski definition) is 1. The van der Waals surface area contributed by atoms with Crippen molar-refractivity contribution in [3.05, 3.63) is 59.9 Å². The van der Waals surface area contributed by atoms with E-state index >= 15 is 0 Å². The highest BCUT2D eigenvalue weighted by Crippen LogP contribution is 2.41. The summed E-state index contributed by atoms with van der Waals surface area (Å²) in [5.74, 6) is -0.733. The second-order valence-electron chi connectivity index (χ2n) is 6.99. The lowest BCUT2D eigenvalue weighted by Gasteiger charge is -2.51. The van der Waals surface area contributed by atoms with Crippen LogP contribution in [0.2, 0.25) is 0 Å². The number of carbonyl (C=O) groups is 1. The third-order valence-corrected chi connectivity index (χ3v) is 4.95. The first-order valence-corrected chi connectivity index (χ1v) is 8.79. The third-order valence-electron chi connectivity index (χ3n) is 4.95. The second kappa shape index (κ2) is 7.87. The summed E-state index contributed by atoms with van der Waals surface area (Å²) in [5, 5.41) is 19.4. The molecule has 3 atom stereocenters. The van der Waals surface area contributed by atoms with E-state index in [2.05, 4.69) is 6.07 Å². The van der Waals surface area contributed by atoms with Crippen LogP contribution in [0, 0.1) is 17.1 Å². The highest BCUT2D eigenvalue weighted by molar-refractivity contribution is 5.81. The number of nitriles is 1. The molecule has 6 heteroatoms. The molecule has 140 valence electrons. The van der Waals surface area contributed by atoms with Gasteiger partial charge >= 0.3 is 0 Å². The summed E-state index contributed by atoms with van der Waals surface area (Å²) in [4.78, 5) is 15.6. The maximum Gasteiger partial charge on any atom is 0.238 e. The van der Waals surface area contributed by atoms with Gasteiger partial charge in [-0.3, -0.25) is 4.79 Å². The number of likely N-dealkylation sites (tertiary alicyclic amines) is 1. The number of likely N-dealkylation sites (N-methyl/N-ethyl adjacent to an activating group) is 1. The summed E-state index contributed by atoms with van der Waals surface area (Å²) >= 11 is 0. The van der Waals surface area contributed by atoms with Gasteiger partial charge in [-0.1, -0.05) is 42.5 Å². The number of rotatable bonds is 5. The van der Waals surface area contributed by atoms with Gasteiger partial charge in [0.25, 0.3) is 0 Å². The van der Waals surface area contributed by atoms with E-state index in [0.29, 0.717) is 5.56 Å². The Morgan fingerprint density at radius 3 is 2.44 bits per heavy atom. The van der Waals surface area contributed by atoms with Crippen molar-refractivity contribution in [2.24, 2.45) is 0 Å². The van der Waals surface area contributed by atoms with Gasteiger partial charge in [0.2, 0.25) is 5.91 Å². The van der Waals surface area contributed by atoms with Gasteiger partial charge in [-0.2, -0.15) is 5.26 Å². The molecule has 2 aromatic carbocycles. The van der Waals surface area contributed by atoms with Crippen LogP contribution in [-0.2, 0) is 4.79 Å². The first kappa shape index (κ1) is 19.0. The molecule has 0 aliphatic carbocycles. The number of benzene rings is 2. The molecule has 27 heavy (non-hydrogen) atoms. The third kappa shape index (κ3) is 3.57. The van der Waals surface area contributed by atoms with Crippen LogP contribution in [-0.4, -0.2) is 60.1 Å². The number of halogens is 1. The molecule has 1 fully saturated rings. The van der Waals surface area contributed by atoms with Crippen molar-refractivity contribution in [3.63, 3.8) is 0 Å². The maximum absolute atomic E-state index is 14.0. The van der Waals surface area contributed by atoms with E-state index in [4.69, 9.17) is 0 Å². The molecule has 0 spiro atoms. The van der Waals surface area contributed by atoms with Gasteiger partial charge in [0.1, 0.15) is 11.9 Å². The first-order chi connectivity index (χ1) is 13.0. The molecule has 1 amide bonds. The quantitative estimate of drug-likeness (QED) is 0.880. The first-order valence-electron chi connectivity index (χ1n) is 8.79. The Hall–Kier alpha value is -2.75. The van der Waals surface area contributed by atoms with E-state index in [-0.39, 0.29) is 30.8 Å². The fraction of sp³-hybridized carbons (Fsp3) is 0.333. The fourth-order valence-electron chi connectivity index (χ4n) is 3.68. The van der Waals surface area contributed by atoms with E-state index in [9.17, 15) is 19.6 Å². The number of hydrogen-bond acceptors (Lipinski definition) is 4. The Morgan fingerprint density at radius 1 is 1.22 bits per heavy atom. The van der Waals surface area contributed by atoms with Crippen molar-refractivity contribution in [1.29, 1.82) is 5.26 Å². The van der Waals surface area contributed by atoms with Gasteiger partial charge < -0.3 is 14.9 Å². The zero-order valence-corrected chi connectivity index (χ0v) is 15.3. The van der Waals surface area contributed by atoms with Crippen LogP contribution in [0.4, 0.5) is 4.39 Å². The molecule has 1 saturated heterocycles. The predicted octanol–water partition coefficient (Wildman–Crippen LogP) is 2.23. The molecule has 0 bridgehead atoms. The normalized spacial score (nSPS) is 21.6. The van der Waals surface area contributed by atoms with Crippen molar-refractivity contribution in [2.45, 2.75) is 18.0 Å². The second-order valence-corrected chi connectivity index (χ2v) is 6.99. The van der Waals surface area contributed by atoms with Gasteiger partial charge in [-0.05, 0) is 31.3 Å². The number of aliphatic hydroxyl groups is 1. The molecular formula is C21H22FN3O2. The van der Waals surface area contributed by atoms with Gasteiger partial charge in [-0.15, -0.1) is 0 Å². The summed E-state index contributed by atoms with van der Waals surface area (Å²) in [7, 11) is 3.57. The molecule has 1 heterocycles. The molecule has 1 aliphatic heterocycles. The summed E-state index contributed by atoms with van der Waals surface area (Å²) in [6, 6.07) is 15.0. The highest BCUT2D eigenvalue weighted by Gasteiger charge is 2.51. The van der Waals surface area contributed by atoms with Crippen LogP contribution >= 0.6 is 0 Å². The number of aliphatic hydroxyl groups excluding tert-OH is 1. The van der Waals surface area contributed by atoms with Crippen LogP contribution < -0.4 is 0 Å². The average Bonchev–Trinajstić information content (AvgIpc) is 2.62. The van der Waals surface area contributed by atoms with E-state index in [1.54, 1.807) is 49.3 Å². The van der Waals surface area contributed by atoms with Crippen molar-refractivity contribution >= 4 is 5.91 Å². The molecule has 2 aromatic rings. The molecule has 3 rings (SSSR count). The maximum atomic E-state index is 14.0. The van der Waals surface area contributed by atoms with Crippen LogP contribution in [0.3, 0.4) is 0 Å². The van der Waals surface area contributed by atoms with Crippen LogP contribution in [0.5, 0.6) is 0 Å². The minimum atomic E-state index is -0.617. The highest BCUT2D eigenvalue weighted by atomic mass is 19.1. The smallest absolute Gasteiger partial charge is 0.238 e.